The standard InChI is InChI=1S/C11H15BrN2/c1-2-14-8-4-7-13-10-6-3-5-9(12)11(10)14/h3,5-6,13H,2,4,7-8H2,1H3. The Hall–Kier alpha value is -0.700. The summed E-state index contributed by atoms with van der Waals surface area (Å²) in [6.45, 7) is 5.48. The van der Waals surface area contributed by atoms with Crippen molar-refractivity contribution in [2.75, 3.05) is 29.9 Å². The zero-order valence-electron chi connectivity index (χ0n) is 8.39. The Bertz CT molecular complexity index is 325. The number of para-hydroxylation sites is 1. The fraction of sp³-hybridized carbons (Fsp3) is 0.455. The van der Waals surface area contributed by atoms with E-state index in [1.165, 1.54) is 22.3 Å². The molecule has 0 unspecified atom stereocenters. The summed E-state index contributed by atoms with van der Waals surface area (Å²) < 4.78 is 1.19. The summed E-state index contributed by atoms with van der Waals surface area (Å²) >= 11 is 3.62. The highest BCUT2D eigenvalue weighted by Crippen LogP contribution is 2.35. The Kier molecular flexibility index (Phi) is 2.96. The molecular weight excluding hydrogens is 240 g/mol. The Morgan fingerprint density at radius 1 is 1.50 bits per heavy atom. The van der Waals surface area contributed by atoms with Gasteiger partial charge in [0.2, 0.25) is 0 Å². The van der Waals surface area contributed by atoms with Crippen LogP contribution in [0.4, 0.5) is 11.4 Å². The van der Waals surface area contributed by atoms with E-state index in [1.807, 2.05) is 0 Å². The molecule has 0 bridgehead atoms. The number of nitrogens with one attached hydrogen (secondary N) is 1. The van der Waals surface area contributed by atoms with Gasteiger partial charge in [0.25, 0.3) is 0 Å². The van der Waals surface area contributed by atoms with Gasteiger partial charge in [0.05, 0.1) is 11.4 Å². The summed E-state index contributed by atoms with van der Waals surface area (Å²) in [4.78, 5) is 2.42. The number of fused-ring (bicyclic) bond motifs is 1. The van der Waals surface area contributed by atoms with Crippen LogP contribution in [0.1, 0.15) is 13.3 Å². The molecule has 0 aromatic heterocycles. The van der Waals surface area contributed by atoms with E-state index in [1.54, 1.807) is 0 Å². The van der Waals surface area contributed by atoms with E-state index in [-0.39, 0.29) is 0 Å². The largest absolute Gasteiger partial charge is 0.383 e. The summed E-state index contributed by atoms with van der Waals surface area (Å²) in [7, 11) is 0. The molecule has 2 rings (SSSR count). The van der Waals surface area contributed by atoms with Gasteiger partial charge in [-0.2, -0.15) is 0 Å². The van der Waals surface area contributed by atoms with Gasteiger partial charge in [0, 0.05) is 24.1 Å². The molecule has 0 saturated heterocycles. The van der Waals surface area contributed by atoms with Crippen LogP contribution in [-0.2, 0) is 0 Å². The number of anilines is 2. The van der Waals surface area contributed by atoms with Crippen molar-refractivity contribution in [3.8, 4) is 0 Å². The van der Waals surface area contributed by atoms with Crippen molar-refractivity contribution in [2.24, 2.45) is 0 Å². The molecule has 1 aromatic carbocycles. The molecule has 1 aromatic rings. The van der Waals surface area contributed by atoms with E-state index >= 15 is 0 Å². The fourth-order valence-corrected chi connectivity index (χ4v) is 2.52. The summed E-state index contributed by atoms with van der Waals surface area (Å²) in [6.07, 6.45) is 1.20. The highest BCUT2D eigenvalue weighted by Gasteiger charge is 2.15. The van der Waals surface area contributed by atoms with Crippen LogP contribution in [-0.4, -0.2) is 19.6 Å². The van der Waals surface area contributed by atoms with Crippen molar-refractivity contribution in [3.63, 3.8) is 0 Å². The Labute approximate surface area is 93.4 Å². The highest BCUT2D eigenvalue weighted by molar-refractivity contribution is 9.10. The van der Waals surface area contributed by atoms with Crippen molar-refractivity contribution < 1.29 is 0 Å². The van der Waals surface area contributed by atoms with Crippen LogP contribution in [0.3, 0.4) is 0 Å². The lowest BCUT2D eigenvalue weighted by molar-refractivity contribution is 0.785. The van der Waals surface area contributed by atoms with Crippen molar-refractivity contribution in [2.45, 2.75) is 13.3 Å². The normalized spacial score (nSPS) is 15.7. The van der Waals surface area contributed by atoms with Crippen molar-refractivity contribution >= 4 is 27.3 Å². The van der Waals surface area contributed by atoms with E-state index in [2.05, 4.69) is 51.3 Å². The van der Waals surface area contributed by atoms with Gasteiger partial charge in [-0.25, -0.2) is 0 Å². The maximum absolute atomic E-state index is 3.62. The lowest BCUT2D eigenvalue weighted by Gasteiger charge is -2.23. The second-order valence-corrected chi connectivity index (χ2v) is 4.35. The first kappa shape index (κ1) is 9.84. The third-order valence-electron chi connectivity index (χ3n) is 2.60. The van der Waals surface area contributed by atoms with Gasteiger partial charge in [-0.05, 0) is 41.4 Å². The second kappa shape index (κ2) is 4.22. The van der Waals surface area contributed by atoms with Crippen LogP contribution >= 0.6 is 15.9 Å². The number of halogens is 1. The van der Waals surface area contributed by atoms with Gasteiger partial charge in [-0.15, -0.1) is 0 Å². The minimum atomic E-state index is 1.07. The average molecular weight is 255 g/mol. The number of hydrogen-bond acceptors (Lipinski definition) is 2. The molecular formula is C11H15BrN2. The predicted octanol–water partition coefficient (Wildman–Crippen LogP) is 3.09. The minimum absolute atomic E-state index is 1.07. The van der Waals surface area contributed by atoms with Gasteiger partial charge in [0.1, 0.15) is 0 Å². The molecule has 0 radical (unpaired) electrons. The molecule has 14 heavy (non-hydrogen) atoms. The summed E-state index contributed by atoms with van der Waals surface area (Å²) in [5.41, 5.74) is 2.56. The lowest BCUT2D eigenvalue weighted by atomic mass is 10.2. The van der Waals surface area contributed by atoms with E-state index in [4.69, 9.17) is 0 Å². The molecule has 0 spiro atoms. The van der Waals surface area contributed by atoms with Crippen molar-refractivity contribution in [3.05, 3.63) is 22.7 Å². The van der Waals surface area contributed by atoms with Crippen LogP contribution in [0.25, 0.3) is 0 Å². The summed E-state index contributed by atoms with van der Waals surface area (Å²) in [5.74, 6) is 0. The molecule has 1 heterocycles. The SMILES string of the molecule is CCN1CCCNc2cccc(Br)c21. The number of hydrogen-bond donors (Lipinski definition) is 1. The molecule has 1 aliphatic rings. The van der Waals surface area contributed by atoms with E-state index < -0.39 is 0 Å². The molecule has 0 saturated carbocycles. The van der Waals surface area contributed by atoms with Gasteiger partial charge in [-0.3, -0.25) is 0 Å². The van der Waals surface area contributed by atoms with Crippen LogP contribution < -0.4 is 10.2 Å². The van der Waals surface area contributed by atoms with Crippen molar-refractivity contribution in [1.29, 1.82) is 0 Å². The van der Waals surface area contributed by atoms with Crippen LogP contribution in [0.2, 0.25) is 0 Å². The van der Waals surface area contributed by atoms with E-state index in [9.17, 15) is 0 Å². The van der Waals surface area contributed by atoms with Crippen LogP contribution in [0.5, 0.6) is 0 Å². The smallest absolute Gasteiger partial charge is 0.0746 e. The highest BCUT2D eigenvalue weighted by atomic mass is 79.9. The van der Waals surface area contributed by atoms with Crippen LogP contribution in [0.15, 0.2) is 22.7 Å². The first-order valence-corrected chi connectivity index (χ1v) is 5.89. The van der Waals surface area contributed by atoms with Gasteiger partial charge in [0.15, 0.2) is 0 Å². The Morgan fingerprint density at radius 3 is 3.14 bits per heavy atom. The molecule has 0 fully saturated rings. The summed E-state index contributed by atoms with van der Waals surface area (Å²) in [6, 6.07) is 6.33. The minimum Gasteiger partial charge on any atom is -0.383 e. The zero-order valence-corrected chi connectivity index (χ0v) is 9.97. The van der Waals surface area contributed by atoms with Gasteiger partial charge < -0.3 is 10.2 Å². The molecule has 0 atom stereocenters. The number of benzene rings is 1. The van der Waals surface area contributed by atoms with E-state index in [0.717, 1.165) is 19.6 Å². The van der Waals surface area contributed by atoms with Gasteiger partial charge >= 0.3 is 0 Å². The molecule has 0 aliphatic carbocycles. The van der Waals surface area contributed by atoms with Gasteiger partial charge in [-0.1, -0.05) is 6.07 Å². The molecule has 2 nitrogen and oxygen atoms in total. The Morgan fingerprint density at radius 2 is 2.36 bits per heavy atom. The third kappa shape index (κ3) is 1.73. The maximum Gasteiger partial charge on any atom is 0.0746 e. The predicted molar refractivity (Wildman–Crippen MR) is 65.1 cm³/mol. The fourth-order valence-electron chi connectivity index (χ4n) is 1.90. The topological polar surface area (TPSA) is 15.3 Å². The summed E-state index contributed by atoms with van der Waals surface area (Å²) in [5, 5.41) is 3.46. The second-order valence-electron chi connectivity index (χ2n) is 3.50. The quantitative estimate of drug-likeness (QED) is 0.829. The van der Waals surface area contributed by atoms with Crippen LogP contribution in [0, 0.1) is 0 Å². The first-order chi connectivity index (χ1) is 6.83. The van der Waals surface area contributed by atoms with Crippen molar-refractivity contribution in [1.82, 2.24) is 0 Å². The zero-order chi connectivity index (χ0) is 9.97. The molecule has 0 amide bonds. The molecule has 3 heteroatoms. The molecule has 1 N–H and O–H groups in total. The molecule has 1 aliphatic heterocycles. The monoisotopic (exact) mass is 254 g/mol. The number of nitrogens with zero attached hydrogens (tertiary/aromatic N) is 1. The first-order valence-electron chi connectivity index (χ1n) is 5.10. The maximum atomic E-state index is 3.62. The number of rotatable bonds is 1. The lowest BCUT2D eigenvalue weighted by Crippen LogP contribution is -2.23. The third-order valence-corrected chi connectivity index (χ3v) is 3.24. The van der Waals surface area contributed by atoms with E-state index in [0.29, 0.717) is 0 Å². The molecule has 76 valence electrons. The Balaban J connectivity index is 2.45. The average Bonchev–Trinajstić information content (AvgIpc) is 2.40.